The molecule has 0 fully saturated rings. The molecular weight excluding hydrogens is 160 g/mol. The molecule has 2 heterocycles. The number of hydrogen-bond acceptors (Lipinski definition) is 4. The zero-order valence-corrected chi connectivity index (χ0v) is 6.33. The van der Waals surface area contributed by atoms with Crippen LogP contribution in [0, 0.1) is 0 Å². The van der Waals surface area contributed by atoms with Crippen molar-refractivity contribution in [3.8, 4) is 0 Å². The summed E-state index contributed by atoms with van der Waals surface area (Å²) in [7, 11) is 0. The van der Waals surface area contributed by atoms with Crippen LogP contribution in [0.15, 0.2) is 4.42 Å². The van der Waals surface area contributed by atoms with Gasteiger partial charge in [-0.3, -0.25) is 4.79 Å². The number of hydrogen-bond donors (Lipinski definition) is 2. The largest absolute Gasteiger partial charge is 0.481 e. The average Bonchev–Trinajstić information content (AvgIpc) is 2.43. The van der Waals surface area contributed by atoms with E-state index in [-0.39, 0.29) is 6.42 Å². The maximum atomic E-state index is 10.3. The Labute approximate surface area is 68.4 Å². The van der Waals surface area contributed by atoms with Crippen molar-refractivity contribution in [2.75, 3.05) is 0 Å². The van der Waals surface area contributed by atoms with Crippen LogP contribution < -0.4 is 5.32 Å². The van der Waals surface area contributed by atoms with E-state index < -0.39 is 5.97 Å². The van der Waals surface area contributed by atoms with E-state index in [0.29, 0.717) is 19.0 Å². The Bertz CT molecular complexity index is 297. The van der Waals surface area contributed by atoms with Gasteiger partial charge in [-0.05, 0) is 0 Å². The van der Waals surface area contributed by atoms with Crippen molar-refractivity contribution in [2.45, 2.75) is 19.5 Å². The molecule has 0 bridgehead atoms. The van der Waals surface area contributed by atoms with Crippen LogP contribution in [0.5, 0.6) is 0 Å². The fourth-order valence-electron chi connectivity index (χ4n) is 1.21. The molecule has 1 aromatic heterocycles. The Hall–Kier alpha value is -1.36. The van der Waals surface area contributed by atoms with E-state index in [1.807, 2.05) is 0 Å². The quantitative estimate of drug-likeness (QED) is 0.645. The first-order valence-corrected chi connectivity index (χ1v) is 3.65. The molecule has 0 saturated carbocycles. The lowest BCUT2D eigenvalue weighted by Crippen LogP contribution is -2.04. The van der Waals surface area contributed by atoms with Crippen LogP contribution in [0.25, 0.3) is 0 Å². The number of rotatable bonds is 2. The lowest BCUT2D eigenvalue weighted by molar-refractivity contribution is -0.136. The first-order chi connectivity index (χ1) is 5.75. The molecule has 0 atom stereocenters. The molecule has 1 aromatic rings. The van der Waals surface area contributed by atoms with Gasteiger partial charge in [0.15, 0.2) is 0 Å². The number of aromatic nitrogens is 1. The third kappa shape index (κ3) is 1.18. The maximum Gasteiger partial charge on any atom is 0.312 e. The van der Waals surface area contributed by atoms with Crippen molar-refractivity contribution in [1.29, 1.82) is 0 Å². The van der Waals surface area contributed by atoms with Crippen LogP contribution in [0.1, 0.15) is 17.3 Å². The molecule has 0 unspecified atom stereocenters. The highest BCUT2D eigenvalue weighted by molar-refractivity contribution is 5.68. The topological polar surface area (TPSA) is 75.4 Å². The third-order valence-electron chi connectivity index (χ3n) is 1.70. The third-order valence-corrected chi connectivity index (χ3v) is 1.70. The van der Waals surface area contributed by atoms with Crippen molar-refractivity contribution >= 4 is 5.97 Å². The van der Waals surface area contributed by atoms with E-state index in [2.05, 4.69) is 10.3 Å². The SMILES string of the molecule is O=C(O)Cc1nc2c(o1)CNC2. The highest BCUT2D eigenvalue weighted by Gasteiger charge is 2.18. The van der Waals surface area contributed by atoms with Crippen LogP contribution in [0.3, 0.4) is 0 Å². The van der Waals surface area contributed by atoms with Gasteiger partial charge >= 0.3 is 5.97 Å². The molecule has 12 heavy (non-hydrogen) atoms. The van der Waals surface area contributed by atoms with Crippen molar-refractivity contribution in [1.82, 2.24) is 10.3 Å². The zero-order valence-electron chi connectivity index (χ0n) is 6.33. The van der Waals surface area contributed by atoms with Crippen molar-refractivity contribution in [3.63, 3.8) is 0 Å². The first kappa shape index (κ1) is 7.30. The molecule has 0 aromatic carbocycles. The van der Waals surface area contributed by atoms with Gasteiger partial charge < -0.3 is 14.8 Å². The molecule has 2 N–H and O–H groups in total. The minimum Gasteiger partial charge on any atom is -0.481 e. The van der Waals surface area contributed by atoms with Gasteiger partial charge in [0, 0.05) is 6.54 Å². The number of fused-ring (bicyclic) bond motifs is 1. The lowest BCUT2D eigenvalue weighted by Gasteiger charge is -1.89. The van der Waals surface area contributed by atoms with Crippen LogP contribution in [0.2, 0.25) is 0 Å². The molecule has 1 aliphatic rings. The van der Waals surface area contributed by atoms with Crippen molar-refractivity contribution in [3.05, 3.63) is 17.3 Å². The van der Waals surface area contributed by atoms with Crippen LogP contribution in [-0.4, -0.2) is 16.1 Å². The predicted octanol–water partition coefficient (Wildman–Crippen LogP) is -0.0951. The highest BCUT2D eigenvalue weighted by Crippen LogP contribution is 2.16. The van der Waals surface area contributed by atoms with E-state index in [4.69, 9.17) is 9.52 Å². The predicted molar refractivity (Wildman–Crippen MR) is 38.4 cm³/mol. The molecular formula is C7H8N2O3. The summed E-state index contributed by atoms with van der Waals surface area (Å²) in [6.07, 6.45) is -0.132. The molecule has 64 valence electrons. The summed E-state index contributed by atoms with van der Waals surface area (Å²) < 4.78 is 5.18. The molecule has 0 radical (unpaired) electrons. The van der Waals surface area contributed by atoms with E-state index in [1.165, 1.54) is 0 Å². The second-order valence-corrected chi connectivity index (χ2v) is 2.65. The van der Waals surface area contributed by atoms with Crippen molar-refractivity contribution in [2.24, 2.45) is 0 Å². The molecule has 2 rings (SSSR count). The zero-order chi connectivity index (χ0) is 8.55. The summed E-state index contributed by atoms with van der Waals surface area (Å²) >= 11 is 0. The van der Waals surface area contributed by atoms with E-state index in [1.54, 1.807) is 0 Å². The van der Waals surface area contributed by atoms with Crippen LogP contribution in [0.4, 0.5) is 0 Å². The Kier molecular flexibility index (Phi) is 1.58. The van der Waals surface area contributed by atoms with E-state index >= 15 is 0 Å². The Morgan fingerprint density at radius 2 is 2.50 bits per heavy atom. The van der Waals surface area contributed by atoms with E-state index in [9.17, 15) is 4.79 Å². The summed E-state index contributed by atoms with van der Waals surface area (Å²) in [5.41, 5.74) is 0.839. The molecule has 0 saturated heterocycles. The lowest BCUT2D eigenvalue weighted by atomic mass is 10.4. The van der Waals surface area contributed by atoms with Gasteiger partial charge in [-0.2, -0.15) is 0 Å². The first-order valence-electron chi connectivity index (χ1n) is 3.65. The normalized spacial score (nSPS) is 14.7. The molecule has 1 aliphatic heterocycles. The smallest absolute Gasteiger partial charge is 0.312 e. The Balaban J connectivity index is 2.20. The standard InChI is InChI=1S/C7H8N2O3/c10-7(11)1-6-9-4-2-8-3-5(4)12-6/h8H,1-3H2,(H,10,11). The Morgan fingerprint density at radius 3 is 3.17 bits per heavy atom. The van der Waals surface area contributed by atoms with E-state index in [0.717, 1.165) is 11.5 Å². The maximum absolute atomic E-state index is 10.3. The summed E-state index contributed by atoms with van der Waals surface area (Å²) in [4.78, 5) is 14.3. The van der Waals surface area contributed by atoms with Crippen molar-refractivity contribution < 1.29 is 14.3 Å². The highest BCUT2D eigenvalue weighted by atomic mass is 16.4. The van der Waals surface area contributed by atoms with Crippen LogP contribution >= 0.6 is 0 Å². The minimum absolute atomic E-state index is 0.132. The monoisotopic (exact) mass is 168 g/mol. The second kappa shape index (κ2) is 2.60. The number of nitrogens with zero attached hydrogens (tertiary/aromatic N) is 1. The summed E-state index contributed by atoms with van der Waals surface area (Å²) in [5, 5.41) is 11.5. The summed E-state index contributed by atoms with van der Waals surface area (Å²) in [6, 6.07) is 0. The Morgan fingerprint density at radius 1 is 1.67 bits per heavy atom. The molecule has 0 aliphatic carbocycles. The molecule has 0 spiro atoms. The summed E-state index contributed by atoms with van der Waals surface area (Å²) in [6.45, 7) is 1.33. The number of nitrogens with one attached hydrogen (secondary N) is 1. The molecule has 5 heteroatoms. The number of oxazole rings is 1. The fourth-order valence-corrected chi connectivity index (χ4v) is 1.21. The van der Waals surface area contributed by atoms with Gasteiger partial charge in [0.1, 0.15) is 12.2 Å². The van der Waals surface area contributed by atoms with Gasteiger partial charge in [-0.1, -0.05) is 0 Å². The van der Waals surface area contributed by atoms with Gasteiger partial charge in [0.2, 0.25) is 5.89 Å². The molecule has 0 amide bonds. The van der Waals surface area contributed by atoms with Gasteiger partial charge in [0.25, 0.3) is 0 Å². The second-order valence-electron chi connectivity index (χ2n) is 2.65. The summed E-state index contributed by atoms with van der Waals surface area (Å²) in [5.74, 6) is 0.156. The van der Waals surface area contributed by atoms with Gasteiger partial charge in [-0.15, -0.1) is 0 Å². The number of aliphatic carboxylic acids is 1. The van der Waals surface area contributed by atoms with Gasteiger partial charge in [0.05, 0.1) is 12.2 Å². The fraction of sp³-hybridized carbons (Fsp3) is 0.429. The number of carboxylic acid groups (broad SMARTS) is 1. The molecule has 5 nitrogen and oxygen atoms in total. The average molecular weight is 168 g/mol. The van der Waals surface area contributed by atoms with Gasteiger partial charge in [-0.25, -0.2) is 4.98 Å². The number of carboxylic acids is 1. The number of carbonyl (C=O) groups is 1. The minimum atomic E-state index is -0.914. The van der Waals surface area contributed by atoms with Crippen LogP contribution in [-0.2, 0) is 24.3 Å².